The van der Waals surface area contributed by atoms with E-state index in [0.717, 1.165) is 41.8 Å². The maximum Gasteiger partial charge on any atom is 0.0738 e. The van der Waals surface area contributed by atoms with Gasteiger partial charge in [-0.05, 0) is 56.1 Å². The van der Waals surface area contributed by atoms with Crippen molar-refractivity contribution < 1.29 is 5.11 Å². The molecule has 0 radical (unpaired) electrons. The Hall–Kier alpha value is -0.390. The van der Waals surface area contributed by atoms with E-state index in [1.807, 2.05) is 11.6 Å². The Labute approximate surface area is 118 Å². The van der Waals surface area contributed by atoms with Crippen molar-refractivity contribution in [1.82, 2.24) is 15.1 Å². The van der Waals surface area contributed by atoms with Crippen LogP contribution in [0.1, 0.15) is 38.1 Å². The van der Waals surface area contributed by atoms with E-state index in [1.54, 1.807) is 0 Å². The average Bonchev–Trinajstić information content (AvgIpc) is 2.61. The molecule has 104 valence electrons. The van der Waals surface area contributed by atoms with Crippen molar-refractivity contribution in [2.75, 3.05) is 13.2 Å². The summed E-state index contributed by atoms with van der Waals surface area (Å²) in [6.45, 7) is 10.1. The SMILES string of the molecule is CCCNC(C)(CO)CCn1nc(C)c(Br)c1C. The molecule has 5 heteroatoms. The first-order valence-electron chi connectivity index (χ1n) is 6.49. The van der Waals surface area contributed by atoms with Crippen LogP contribution in [0.5, 0.6) is 0 Å². The van der Waals surface area contributed by atoms with E-state index in [0.29, 0.717) is 0 Å². The lowest BCUT2D eigenvalue weighted by molar-refractivity contribution is 0.159. The first kappa shape index (κ1) is 15.7. The molecule has 0 bridgehead atoms. The number of rotatable bonds is 7. The van der Waals surface area contributed by atoms with Crippen molar-refractivity contribution in [3.05, 3.63) is 15.9 Å². The number of halogens is 1. The Morgan fingerprint density at radius 3 is 2.56 bits per heavy atom. The number of aliphatic hydroxyl groups excluding tert-OH is 1. The van der Waals surface area contributed by atoms with Crippen molar-refractivity contribution in [2.24, 2.45) is 0 Å². The van der Waals surface area contributed by atoms with Crippen LogP contribution in [0.15, 0.2) is 4.47 Å². The minimum atomic E-state index is -0.227. The lowest BCUT2D eigenvalue weighted by Crippen LogP contribution is -2.46. The van der Waals surface area contributed by atoms with E-state index in [-0.39, 0.29) is 12.1 Å². The zero-order valence-corrected chi connectivity index (χ0v) is 13.3. The van der Waals surface area contributed by atoms with Gasteiger partial charge >= 0.3 is 0 Å². The molecule has 0 aliphatic carbocycles. The van der Waals surface area contributed by atoms with E-state index in [4.69, 9.17) is 0 Å². The van der Waals surface area contributed by atoms with Crippen molar-refractivity contribution in [3.63, 3.8) is 0 Å². The van der Waals surface area contributed by atoms with Crippen LogP contribution in [0.3, 0.4) is 0 Å². The van der Waals surface area contributed by atoms with Crippen molar-refractivity contribution in [3.8, 4) is 0 Å². The fourth-order valence-corrected chi connectivity index (χ4v) is 2.18. The van der Waals surface area contributed by atoms with Crippen LogP contribution >= 0.6 is 15.9 Å². The summed E-state index contributed by atoms with van der Waals surface area (Å²) in [5.74, 6) is 0. The van der Waals surface area contributed by atoms with Crippen LogP contribution in [-0.4, -0.2) is 33.6 Å². The van der Waals surface area contributed by atoms with Gasteiger partial charge in [-0.1, -0.05) is 6.92 Å². The van der Waals surface area contributed by atoms with Crippen LogP contribution in [0.25, 0.3) is 0 Å². The van der Waals surface area contributed by atoms with Crippen LogP contribution in [0.2, 0.25) is 0 Å². The van der Waals surface area contributed by atoms with Gasteiger partial charge in [0.15, 0.2) is 0 Å². The second kappa shape index (κ2) is 6.68. The molecule has 0 aliphatic heterocycles. The van der Waals surface area contributed by atoms with Gasteiger partial charge in [0.2, 0.25) is 0 Å². The molecule has 1 heterocycles. The number of aliphatic hydroxyl groups is 1. The maximum absolute atomic E-state index is 9.52. The van der Waals surface area contributed by atoms with E-state index in [1.165, 1.54) is 0 Å². The molecule has 0 aliphatic rings. The van der Waals surface area contributed by atoms with Crippen molar-refractivity contribution >= 4 is 15.9 Å². The summed E-state index contributed by atoms with van der Waals surface area (Å²) >= 11 is 3.53. The minimum absolute atomic E-state index is 0.146. The molecule has 0 saturated heterocycles. The maximum atomic E-state index is 9.52. The smallest absolute Gasteiger partial charge is 0.0738 e. The third-order valence-corrected chi connectivity index (χ3v) is 4.47. The number of aryl methyl sites for hydroxylation is 2. The Morgan fingerprint density at radius 1 is 1.44 bits per heavy atom. The quantitative estimate of drug-likeness (QED) is 0.812. The monoisotopic (exact) mass is 317 g/mol. The fraction of sp³-hybridized carbons (Fsp3) is 0.769. The van der Waals surface area contributed by atoms with Gasteiger partial charge in [-0.15, -0.1) is 0 Å². The van der Waals surface area contributed by atoms with Gasteiger partial charge in [0, 0.05) is 17.8 Å². The van der Waals surface area contributed by atoms with Gasteiger partial charge in [-0.25, -0.2) is 0 Å². The Bertz CT molecular complexity index is 392. The van der Waals surface area contributed by atoms with Crippen molar-refractivity contribution in [2.45, 2.75) is 52.6 Å². The summed E-state index contributed by atoms with van der Waals surface area (Å²) < 4.78 is 3.08. The minimum Gasteiger partial charge on any atom is -0.394 e. The summed E-state index contributed by atoms with van der Waals surface area (Å²) in [6.07, 6.45) is 1.93. The predicted molar refractivity (Wildman–Crippen MR) is 77.8 cm³/mol. The molecule has 2 N–H and O–H groups in total. The summed E-state index contributed by atoms with van der Waals surface area (Å²) in [5.41, 5.74) is 1.93. The lowest BCUT2D eigenvalue weighted by atomic mass is 9.99. The molecule has 1 unspecified atom stereocenters. The normalized spacial score (nSPS) is 14.8. The molecule has 0 fully saturated rings. The van der Waals surface area contributed by atoms with E-state index < -0.39 is 0 Å². The molecule has 0 spiro atoms. The molecule has 0 amide bonds. The summed E-state index contributed by atoms with van der Waals surface area (Å²) in [5, 5.41) is 17.4. The fourth-order valence-electron chi connectivity index (χ4n) is 1.90. The van der Waals surface area contributed by atoms with Gasteiger partial charge < -0.3 is 10.4 Å². The highest BCUT2D eigenvalue weighted by Crippen LogP contribution is 2.21. The lowest BCUT2D eigenvalue weighted by Gasteiger charge is -2.29. The van der Waals surface area contributed by atoms with Crippen LogP contribution in [0, 0.1) is 13.8 Å². The van der Waals surface area contributed by atoms with Gasteiger partial charge in [0.25, 0.3) is 0 Å². The Morgan fingerprint density at radius 2 is 2.11 bits per heavy atom. The second-order valence-corrected chi connectivity index (χ2v) is 5.90. The predicted octanol–water partition coefficient (Wildman–Crippen LogP) is 2.40. The second-order valence-electron chi connectivity index (χ2n) is 5.10. The van der Waals surface area contributed by atoms with Gasteiger partial charge in [-0.3, -0.25) is 4.68 Å². The van der Waals surface area contributed by atoms with Gasteiger partial charge in [0.05, 0.1) is 16.8 Å². The molecule has 0 aromatic carbocycles. The largest absolute Gasteiger partial charge is 0.394 e. The van der Waals surface area contributed by atoms with E-state index in [9.17, 15) is 5.11 Å². The Kier molecular flexibility index (Phi) is 5.82. The topological polar surface area (TPSA) is 50.1 Å². The molecular formula is C13H24BrN3O. The molecule has 0 saturated carbocycles. The van der Waals surface area contributed by atoms with Crippen LogP contribution in [-0.2, 0) is 6.54 Å². The van der Waals surface area contributed by atoms with Crippen molar-refractivity contribution in [1.29, 1.82) is 0 Å². The third-order valence-electron chi connectivity index (χ3n) is 3.32. The number of hydrogen-bond acceptors (Lipinski definition) is 3. The zero-order valence-electron chi connectivity index (χ0n) is 11.8. The molecule has 4 nitrogen and oxygen atoms in total. The summed E-state index contributed by atoms with van der Waals surface area (Å²) in [4.78, 5) is 0. The highest BCUT2D eigenvalue weighted by Gasteiger charge is 2.22. The third kappa shape index (κ3) is 3.80. The number of nitrogens with one attached hydrogen (secondary N) is 1. The molecule has 1 rings (SSSR count). The van der Waals surface area contributed by atoms with E-state index >= 15 is 0 Å². The van der Waals surface area contributed by atoms with E-state index in [2.05, 4.69) is 47.1 Å². The van der Waals surface area contributed by atoms with Gasteiger partial charge in [-0.2, -0.15) is 5.10 Å². The summed E-state index contributed by atoms with van der Waals surface area (Å²) in [6, 6.07) is 0. The first-order chi connectivity index (χ1) is 8.43. The average molecular weight is 318 g/mol. The van der Waals surface area contributed by atoms with Crippen LogP contribution in [0.4, 0.5) is 0 Å². The van der Waals surface area contributed by atoms with Crippen LogP contribution < -0.4 is 5.32 Å². The highest BCUT2D eigenvalue weighted by molar-refractivity contribution is 9.10. The molecule has 18 heavy (non-hydrogen) atoms. The molecule has 1 atom stereocenters. The molecule has 1 aromatic heterocycles. The summed E-state index contributed by atoms with van der Waals surface area (Å²) in [7, 11) is 0. The first-order valence-corrected chi connectivity index (χ1v) is 7.28. The molecular weight excluding hydrogens is 294 g/mol. The Balaban J connectivity index is 2.64. The zero-order chi connectivity index (χ0) is 13.8. The standard InChI is InChI=1S/C13H24BrN3O/c1-5-7-15-13(4,9-18)6-8-17-11(3)12(14)10(2)16-17/h15,18H,5-9H2,1-4H3. The number of hydrogen-bond donors (Lipinski definition) is 2. The molecule has 1 aromatic rings. The number of aromatic nitrogens is 2. The highest BCUT2D eigenvalue weighted by atomic mass is 79.9. The number of nitrogens with zero attached hydrogens (tertiary/aromatic N) is 2. The van der Waals surface area contributed by atoms with Gasteiger partial charge in [0.1, 0.15) is 0 Å².